The molecule has 0 aliphatic heterocycles. The fourth-order valence-corrected chi connectivity index (χ4v) is 1.99. The van der Waals surface area contributed by atoms with Gasteiger partial charge in [-0.25, -0.2) is 0 Å². The molecule has 110 valence electrons. The molecule has 4 nitrogen and oxygen atoms in total. The lowest BCUT2D eigenvalue weighted by molar-refractivity contribution is -0.135. The molecule has 0 saturated heterocycles. The summed E-state index contributed by atoms with van der Waals surface area (Å²) in [4.78, 5) is 10.7. The van der Waals surface area contributed by atoms with Gasteiger partial charge in [-0.2, -0.15) is 0 Å². The summed E-state index contributed by atoms with van der Waals surface area (Å²) in [7, 11) is 1.60. The van der Waals surface area contributed by atoms with Crippen LogP contribution in [-0.4, -0.2) is 24.8 Å². The Balaban J connectivity index is 3.07. The third-order valence-electron chi connectivity index (χ3n) is 2.88. The Labute approximate surface area is 120 Å². The number of methoxy groups -OCH3 is 1. The van der Waals surface area contributed by atoms with Crippen LogP contribution in [0.1, 0.15) is 38.7 Å². The van der Waals surface area contributed by atoms with Crippen molar-refractivity contribution < 1.29 is 19.4 Å². The molecule has 0 bridgehead atoms. The van der Waals surface area contributed by atoms with E-state index in [0.717, 1.165) is 24.0 Å². The van der Waals surface area contributed by atoms with Crippen LogP contribution in [0.5, 0.6) is 11.5 Å². The Kier molecular flexibility index (Phi) is 6.64. The Morgan fingerprint density at radius 3 is 2.60 bits per heavy atom. The predicted octanol–water partition coefficient (Wildman–Crippen LogP) is 3.75. The molecule has 20 heavy (non-hydrogen) atoms. The molecule has 0 saturated carbocycles. The topological polar surface area (TPSA) is 55.8 Å². The Hall–Kier alpha value is -1.97. The van der Waals surface area contributed by atoms with Crippen LogP contribution in [0, 0.1) is 0 Å². The van der Waals surface area contributed by atoms with E-state index in [4.69, 9.17) is 14.6 Å². The van der Waals surface area contributed by atoms with E-state index in [1.54, 1.807) is 13.2 Å². The summed E-state index contributed by atoms with van der Waals surface area (Å²) in [5, 5.41) is 8.80. The van der Waals surface area contributed by atoms with Crippen molar-refractivity contribution in [1.82, 2.24) is 0 Å². The standard InChI is InChI=1S/C16H22O4/c1-4-6-12(8-10-16(17)18)13-7-9-14(20-5-2)15(11-13)19-3/h7-9,11H,4-6,10H2,1-3H3,(H,17,18)/b12-8+. The molecule has 0 fully saturated rings. The third kappa shape index (κ3) is 4.61. The molecule has 0 aliphatic rings. The zero-order valence-corrected chi connectivity index (χ0v) is 12.3. The number of ether oxygens (including phenoxy) is 2. The van der Waals surface area contributed by atoms with Gasteiger partial charge < -0.3 is 14.6 Å². The van der Waals surface area contributed by atoms with Gasteiger partial charge in [-0.05, 0) is 36.6 Å². The van der Waals surface area contributed by atoms with Gasteiger partial charge >= 0.3 is 5.97 Å². The van der Waals surface area contributed by atoms with Gasteiger partial charge in [0.15, 0.2) is 11.5 Å². The van der Waals surface area contributed by atoms with Crippen molar-refractivity contribution in [3.8, 4) is 11.5 Å². The zero-order valence-electron chi connectivity index (χ0n) is 12.3. The summed E-state index contributed by atoms with van der Waals surface area (Å²) in [5.74, 6) is 0.547. The first-order chi connectivity index (χ1) is 9.62. The highest BCUT2D eigenvalue weighted by molar-refractivity contribution is 5.75. The molecule has 1 aromatic rings. The van der Waals surface area contributed by atoms with Crippen LogP contribution in [0.4, 0.5) is 0 Å². The summed E-state index contributed by atoms with van der Waals surface area (Å²) in [6.45, 7) is 4.56. The third-order valence-corrected chi connectivity index (χ3v) is 2.88. The first-order valence-corrected chi connectivity index (χ1v) is 6.84. The number of aliphatic carboxylic acids is 1. The van der Waals surface area contributed by atoms with Crippen molar-refractivity contribution in [2.24, 2.45) is 0 Å². The summed E-state index contributed by atoms with van der Waals surface area (Å²) in [5.41, 5.74) is 2.00. The lowest BCUT2D eigenvalue weighted by atomic mass is 9.99. The first kappa shape index (κ1) is 16.1. The number of carboxylic acid groups (broad SMARTS) is 1. The molecule has 0 heterocycles. The summed E-state index contributed by atoms with van der Waals surface area (Å²) in [6, 6.07) is 5.70. The first-order valence-electron chi connectivity index (χ1n) is 6.84. The normalized spacial score (nSPS) is 11.2. The summed E-state index contributed by atoms with van der Waals surface area (Å²) in [6.07, 6.45) is 3.59. The van der Waals surface area contributed by atoms with Gasteiger partial charge in [0.2, 0.25) is 0 Å². The Morgan fingerprint density at radius 1 is 1.30 bits per heavy atom. The average Bonchev–Trinajstić information content (AvgIpc) is 2.44. The van der Waals surface area contributed by atoms with E-state index in [2.05, 4.69) is 6.92 Å². The van der Waals surface area contributed by atoms with Gasteiger partial charge in [-0.3, -0.25) is 4.79 Å². The highest BCUT2D eigenvalue weighted by Crippen LogP contribution is 2.32. The van der Waals surface area contributed by atoms with Crippen molar-refractivity contribution in [1.29, 1.82) is 0 Å². The summed E-state index contributed by atoms with van der Waals surface area (Å²) < 4.78 is 10.8. The van der Waals surface area contributed by atoms with Gasteiger partial charge in [0.05, 0.1) is 20.1 Å². The molecule has 1 N–H and O–H groups in total. The zero-order chi connectivity index (χ0) is 15.0. The van der Waals surface area contributed by atoms with Crippen molar-refractivity contribution >= 4 is 11.5 Å². The maximum absolute atomic E-state index is 10.7. The second-order valence-electron chi connectivity index (χ2n) is 4.38. The van der Waals surface area contributed by atoms with E-state index in [9.17, 15) is 4.79 Å². The average molecular weight is 278 g/mol. The number of allylic oxidation sites excluding steroid dienone is 1. The van der Waals surface area contributed by atoms with Crippen LogP contribution in [0.3, 0.4) is 0 Å². The smallest absolute Gasteiger partial charge is 0.307 e. The van der Waals surface area contributed by atoms with Gasteiger partial charge in [0, 0.05) is 0 Å². The largest absolute Gasteiger partial charge is 0.493 e. The van der Waals surface area contributed by atoms with E-state index in [1.807, 2.05) is 25.1 Å². The quantitative estimate of drug-likeness (QED) is 0.786. The number of rotatable bonds is 8. The van der Waals surface area contributed by atoms with Crippen LogP contribution in [-0.2, 0) is 4.79 Å². The molecular formula is C16H22O4. The van der Waals surface area contributed by atoms with E-state index < -0.39 is 5.97 Å². The number of benzene rings is 1. The molecule has 0 aliphatic carbocycles. The van der Waals surface area contributed by atoms with Crippen molar-refractivity contribution in [2.75, 3.05) is 13.7 Å². The molecule has 0 spiro atoms. The van der Waals surface area contributed by atoms with Crippen LogP contribution >= 0.6 is 0 Å². The van der Waals surface area contributed by atoms with Crippen molar-refractivity contribution in [2.45, 2.75) is 33.1 Å². The molecule has 1 aromatic carbocycles. The molecular weight excluding hydrogens is 256 g/mol. The minimum absolute atomic E-state index is 0.0326. The molecule has 0 aromatic heterocycles. The minimum Gasteiger partial charge on any atom is -0.493 e. The molecule has 4 heteroatoms. The highest BCUT2D eigenvalue weighted by atomic mass is 16.5. The van der Waals surface area contributed by atoms with Crippen LogP contribution in [0.15, 0.2) is 24.3 Å². The molecule has 0 atom stereocenters. The summed E-state index contributed by atoms with van der Waals surface area (Å²) >= 11 is 0. The second-order valence-corrected chi connectivity index (χ2v) is 4.38. The fourth-order valence-electron chi connectivity index (χ4n) is 1.99. The van der Waals surface area contributed by atoms with Gasteiger partial charge in [-0.1, -0.05) is 25.5 Å². The van der Waals surface area contributed by atoms with Crippen molar-refractivity contribution in [3.63, 3.8) is 0 Å². The predicted molar refractivity (Wildman–Crippen MR) is 79.3 cm³/mol. The lowest BCUT2D eigenvalue weighted by Crippen LogP contribution is -1.97. The SMILES string of the molecule is CCC/C(=C\CC(=O)O)c1ccc(OCC)c(OC)c1. The molecule has 0 amide bonds. The van der Waals surface area contributed by atoms with Crippen LogP contribution in [0.2, 0.25) is 0 Å². The monoisotopic (exact) mass is 278 g/mol. The lowest BCUT2D eigenvalue weighted by Gasteiger charge is -2.13. The van der Waals surface area contributed by atoms with E-state index in [1.165, 1.54) is 0 Å². The fraction of sp³-hybridized carbons (Fsp3) is 0.438. The van der Waals surface area contributed by atoms with Gasteiger partial charge in [0.1, 0.15) is 0 Å². The van der Waals surface area contributed by atoms with Gasteiger partial charge in [0.25, 0.3) is 0 Å². The van der Waals surface area contributed by atoms with Crippen LogP contribution in [0.25, 0.3) is 5.57 Å². The Morgan fingerprint density at radius 2 is 2.05 bits per heavy atom. The van der Waals surface area contributed by atoms with Crippen molar-refractivity contribution in [3.05, 3.63) is 29.8 Å². The number of hydrogen-bond donors (Lipinski definition) is 1. The van der Waals surface area contributed by atoms with E-state index in [0.29, 0.717) is 18.1 Å². The molecule has 1 rings (SSSR count). The minimum atomic E-state index is -0.823. The number of hydrogen-bond acceptors (Lipinski definition) is 3. The molecule has 0 unspecified atom stereocenters. The maximum atomic E-state index is 10.7. The second kappa shape index (κ2) is 8.25. The Bertz CT molecular complexity index is 477. The van der Waals surface area contributed by atoms with Gasteiger partial charge in [-0.15, -0.1) is 0 Å². The van der Waals surface area contributed by atoms with Crippen LogP contribution < -0.4 is 9.47 Å². The van der Waals surface area contributed by atoms with E-state index >= 15 is 0 Å². The number of carbonyl (C=O) groups is 1. The highest BCUT2D eigenvalue weighted by Gasteiger charge is 2.08. The molecule has 0 radical (unpaired) electrons. The number of carboxylic acids is 1. The maximum Gasteiger partial charge on any atom is 0.307 e. The van der Waals surface area contributed by atoms with E-state index in [-0.39, 0.29) is 6.42 Å².